The number of nitrogens with one attached hydrogen (secondary N) is 1. The van der Waals surface area contributed by atoms with Gasteiger partial charge in [0, 0.05) is 9.75 Å². The van der Waals surface area contributed by atoms with Crippen LogP contribution in [0, 0.1) is 12.3 Å². The Kier molecular flexibility index (Phi) is 3.30. The minimum atomic E-state index is -0.143. The highest BCUT2D eigenvalue weighted by Crippen LogP contribution is 2.22. The average molecular weight is 180 g/mol. The first kappa shape index (κ1) is 9.27. The van der Waals surface area contributed by atoms with Gasteiger partial charge in [-0.25, -0.2) is 5.43 Å². The molecule has 0 saturated carbocycles. The Labute approximate surface area is 76.8 Å². The number of hydrogen-bond donors (Lipinski definition) is 2. The van der Waals surface area contributed by atoms with Crippen molar-refractivity contribution in [1.82, 2.24) is 5.43 Å². The van der Waals surface area contributed by atoms with Crippen molar-refractivity contribution in [3.8, 4) is 12.3 Å². The highest BCUT2D eigenvalue weighted by atomic mass is 32.1. The van der Waals surface area contributed by atoms with E-state index in [1.165, 1.54) is 4.88 Å². The summed E-state index contributed by atoms with van der Waals surface area (Å²) in [5, 5.41) is 0. The highest BCUT2D eigenvalue weighted by molar-refractivity contribution is 7.12. The minimum absolute atomic E-state index is 0.143. The van der Waals surface area contributed by atoms with Crippen LogP contribution in [-0.2, 0) is 6.42 Å². The second-order valence-corrected chi connectivity index (χ2v) is 3.62. The SMILES string of the molecule is C#CC(NN)c1ccc(CC)s1. The summed E-state index contributed by atoms with van der Waals surface area (Å²) >= 11 is 1.71. The molecule has 12 heavy (non-hydrogen) atoms. The molecule has 0 saturated heterocycles. The monoisotopic (exact) mass is 180 g/mol. The first-order valence-corrected chi connectivity index (χ1v) is 4.64. The van der Waals surface area contributed by atoms with Crippen LogP contribution in [0.25, 0.3) is 0 Å². The van der Waals surface area contributed by atoms with Gasteiger partial charge in [-0.1, -0.05) is 12.8 Å². The molecule has 0 aliphatic heterocycles. The first-order valence-electron chi connectivity index (χ1n) is 3.82. The molecule has 0 aliphatic carbocycles. The van der Waals surface area contributed by atoms with E-state index < -0.39 is 0 Å². The van der Waals surface area contributed by atoms with Gasteiger partial charge in [0.2, 0.25) is 0 Å². The predicted molar refractivity (Wildman–Crippen MR) is 52.6 cm³/mol. The van der Waals surface area contributed by atoms with Gasteiger partial charge in [-0.2, -0.15) is 0 Å². The molecule has 1 heterocycles. The number of thiophene rings is 1. The highest BCUT2D eigenvalue weighted by Gasteiger charge is 2.07. The number of nitrogens with two attached hydrogens (primary N) is 1. The van der Waals surface area contributed by atoms with E-state index in [4.69, 9.17) is 12.3 Å². The molecule has 0 radical (unpaired) electrons. The molecule has 0 amide bonds. The molecule has 1 aromatic heterocycles. The number of hydrazine groups is 1. The Hall–Kier alpha value is -0.820. The maximum absolute atomic E-state index is 5.28. The van der Waals surface area contributed by atoms with Crippen molar-refractivity contribution >= 4 is 11.3 Å². The fraction of sp³-hybridized carbons (Fsp3) is 0.333. The maximum atomic E-state index is 5.28. The molecular weight excluding hydrogens is 168 g/mol. The van der Waals surface area contributed by atoms with E-state index in [-0.39, 0.29) is 6.04 Å². The second-order valence-electron chi connectivity index (χ2n) is 2.42. The molecule has 1 rings (SSSR count). The van der Waals surface area contributed by atoms with E-state index >= 15 is 0 Å². The van der Waals surface area contributed by atoms with Gasteiger partial charge in [-0.15, -0.1) is 17.8 Å². The van der Waals surface area contributed by atoms with Crippen molar-refractivity contribution in [3.63, 3.8) is 0 Å². The lowest BCUT2D eigenvalue weighted by molar-refractivity contribution is 0.684. The molecular formula is C9H12N2S. The van der Waals surface area contributed by atoms with E-state index in [1.807, 2.05) is 6.07 Å². The standard InChI is InChI=1S/C9H12N2S/c1-3-7-5-6-9(12-7)8(4-2)11-10/h2,5-6,8,11H,3,10H2,1H3. The van der Waals surface area contributed by atoms with E-state index in [0.29, 0.717) is 0 Å². The lowest BCUT2D eigenvalue weighted by Crippen LogP contribution is -2.25. The van der Waals surface area contributed by atoms with Crippen LogP contribution in [0.3, 0.4) is 0 Å². The lowest BCUT2D eigenvalue weighted by Gasteiger charge is -2.04. The summed E-state index contributed by atoms with van der Waals surface area (Å²) in [6.07, 6.45) is 6.33. The fourth-order valence-electron chi connectivity index (χ4n) is 0.952. The molecule has 1 aromatic rings. The summed E-state index contributed by atoms with van der Waals surface area (Å²) in [7, 11) is 0. The Morgan fingerprint density at radius 1 is 1.75 bits per heavy atom. The molecule has 3 N–H and O–H groups in total. The molecule has 3 heteroatoms. The van der Waals surface area contributed by atoms with Crippen molar-refractivity contribution in [2.75, 3.05) is 0 Å². The number of terminal acetylenes is 1. The quantitative estimate of drug-likeness (QED) is 0.420. The number of hydrogen-bond acceptors (Lipinski definition) is 3. The summed E-state index contributed by atoms with van der Waals surface area (Å²) in [6.45, 7) is 2.12. The predicted octanol–water partition coefficient (Wildman–Crippen LogP) is 1.45. The second kappa shape index (κ2) is 4.27. The van der Waals surface area contributed by atoms with E-state index in [0.717, 1.165) is 11.3 Å². The minimum Gasteiger partial charge on any atom is -0.270 e. The van der Waals surface area contributed by atoms with E-state index in [9.17, 15) is 0 Å². The smallest absolute Gasteiger partial charge is 0.116 e. The van der Waals surface area contributed by atoms with Crippen LogP contribution in [0.5, 0.6) is 0 Å². The third-order valence-corrected chi connectivity index (χ3v) is 2.94. The van der Waals surface area contributed by atoms with Gasteiger partial charge < -0.3 is 0 Å². The van der Waals surface area contributed by atoms with E-state index in [2.05, 4.69) is 24.3 Å². The zero-order chi connectivity index (χ0) is 8.97. The average Bonchev–Trinajstić information content (AvgIpc) is 2.55. The third-order valence-electron chi connectivity index (χ3n) is 1.65. The van der Waals surface area contributed by atoms with Gasteiger partial charge in [0.1, 0.15) is 6.04 Å². The molecule has 0 spiro atoms. The molecule has 1 unspecified atom stereocenters. The van der Waals surface area contributed by atoms with Crippen LogP contribution in [0.15, 0.2) is 12.1 Å². The van der Waals surface area contributed by atoms with Gasteiger partial charge in [0.25, 0.3) is 0 Å². The Balaban J connectivity index is 2.81. The molecule has 0 bridgehead atoms. The van der Waals surface area contributed by atoms with Crippen LogP contribution in [0.1, 0.15) is 22.7 Å². The molecule has 0 fully saturated rings. The molecule has 64 valence electrons. The summed E-state index contributed by atoms with van der Waals surface area (Å²) in [6, 6.07) is 3.96. The van der Waals surface area contributed by atoms with Crippen LogP contribution in [-0.4, -0.2) is 0 Å². The van der Waals surface area contributed by atoms with Gasteiger partial charge in [0.05, 0.1) is 0 Å². The van der Waals surface area contributed by atoms with E-state index in [1.54, 1.807) is 11.3 Å². The van der Waals surface area contributed by atoms with Crippen molar-refractivity contribution in [2.45, 2.75) is 19.4 Å². The third kappa shape index (κ3) is 1.86. The van der Waals surface area contributed by atoms with Gasteiger partial charge in [0.15, 0.2) is 0 Å². The van der Waals surface area contributed by atoms with Gasteiger partial charge in [-0.05, 0) is 18.6 Å². The van der Waals surface area contributed by atoms with Crippen LogP contribution >= 0.6 is 11.3 Å². The summed E-state index contributed by atoms with van der Waals surface area (Å²) in [5.74, 6) is 7.86. The topological polar surface area (TPSA) is 38.0 Å². The molecule has 0 aromatic carbocycles. The van der Waals surface area contributed by atoms with Crippen LogP contribution in [0.4, 0.5) is 0 Å². The van der Waals surface area contributed by atoms with Crippen molar-refractivity contribution in [1.29, 1.82) is 0 Å². The van der Waals surface area contributed by atoms with Crippen molar-refractivity contribution in [2.24, 2.45) is 5.84 Å². The van der Waals surface area contributed by atoms with Crippen molar-refractivity contribution in [3.05, 3.63) is 21.9 Å². The summed E-state index contributed by atoms with van der Waals surface area (Å²) in [5.41, 5.74) is 2.58. The normalized spacial score (nSPS) is 12.4. The van der Waals surface area contributed by atoms with Crippen LogP contribution in [0.2, 0.25) is 0 Å². The molecule has 2 nitrogen and oxygen atoms in total. The summed E-state index contributed by atoms with van der Waals surface area (Å²) < 4.78 is 0. The maximum Gasteiger partial charge on any atom is 0.116 e. The fourth-order valence-corrected chi connectivity index (χ4v) is 1.93. The Morgan fingerprint density at radius 3 is 2.92 bits per heavy atom. The lowest BCUT2D eigenvalue weighted by atomic mass is 10.2. The molecule has 1 atom stereocenters. The molecule has 0 aliphatic rings. The Morgan fingerprint density at radius 2 is 2.50 bits per heavy atom. The number of aryl methyl sites for hydroxylation is 1. The van der Waals surface area contributed by atoms with Gasteiger partial charge in [-0.3, -0.25) is 5.84 Å². The largest absolute Gasteiger partial charge is 0.270 e. The van der Waals surface area contributed by atoms with Crippen LogP contribution < -0.4 is 11.3 Å². The zero-order valence-electron chi connectivity index (χ0n) is 7.00. The zero-order valence-corrected chi connectivity index (χ0v) is 7.82. The van der Waals surface area contributed by atoms with Gasteiger partial charge >= 0.3 is 0 Å². The van der Waals surface area contributed by atoms with Crippen molar-refractivity contribution < 1.29 is 0 Å². The summed E-state index contributed by atoms with van der Waals surface area (Å²) in [4.78, 5) is 2.44. The Bertz CT molecular complexity index is 285. The first-order chi connectivity index (χ1) is 5.81. The number of rotatable bonds is 3.